The zero-order valence-corrected chi connectivity index (χ0v) is 10.5. The van der Waals surface area contributed by atoms with Crippen LogP contribution in [-0.4, -0.2) is 42.1 Å². The van der Waals surface area contributed by atoms with Crippen LogP contribution in [0.25, 0.3) is 0 Å². The molecule has 0 spiro atoms. The molecule has 19 heavy (non-hydrogen) atoms. The van der Waals surface area contributed by atoms with E-state index in [1.807, 2.05) is 0 Å². The largest absolute Gasteiger partial charge is 0.393 e. The summed E-state index contributed by atoms with van der Waals surface area (Å²) in [5.41, 5.74) is 0.767. The fourth-order valence-corrected chi connectivity index (χ4v) is 2.39. The standard InChI is InChI=1S/C12H16F3N3O/c1-18-6-9(10(7-18)12(13,14)15)11(19)17-5-8-3-2-4-16-8/h2-4,9-10,16H,5-7H2,1H3,(H,17,19). The number of alkyl halides is 3. The van der Waals surface area contributed by atoms with Crippen LogP contribution >= 0.6 is 0 Å². The Balaban J connectivity index is 1.97. The number of aromatic amines is 1. The van der Waals surface area contributed by atoms with Gasteiger partial charge in [0, 0.05) is 25.0 Å². The van der Waals surface area contributed by atoms with Crippen LogP contribution in [-0.2, 0) is 11.3 Å². The number of amides is 1. The second-order valence-corrected chi connectivity index (χ2v) is 4.89. The molecule has 2 atom stereocenters. The summed E-state index contributed by atoms with van der Waals surface area (Å²) in [7, 11) is 1.59. The van der Waals surface area contributed by atoms with Gasteiger partial charge in [-0.2, -0.15) is 13.2 Å². The van der Waals surface area contributed by atoms with Crippen molar-refractivity contribution in [1.29, 1.82) is 0 Å². The van der Waals surface area contributed by atoms with Crippen LogP contribution in [0.4, 0.5) is 13.2 Å². The van der Waals surface area contributed by atoms with Crippen molar-refractivity contribution < 1.29 is 18.0 Å². The van der Waals surface area contributed by atoms with Gasteiger partial charge in [-0.15, -0.1) is 0 Å². The average Bonchev–Trinajstić information content (AvgIpc) is 2.93. The molecule has 0 saturated carbocycles. The molecular formula is C12H16F3N3O. The van der Waals surface area contributed by atoms with E-state index in [0.29, 0.717) is 0 Å². The van der Waals surface area contributed by atoms with Crippen molar-refractivity contribution in [2.75, 3.05) is 20.1 Å². The third-order valence-electron chi connectivity index (χ3n) is 3.38. The van der Waals surface area contributed by atoms with Crippen LogP contribution in [0.3, 0.4) is 0 Å². The van der Waals surface area contributed by atoms with Gasteiger partial charge >= 0.3 is 6.18 Å². The van der Waals surface area contributed by atoms with Gasteiger partial charge in [-0.05, 0) is 19.2 Å². The lowest BCUT2D eigenvalue weighted by atomic mass is 9.94. The van der Waals surface area contributed by atoms with Gasteiger partial charge in [0.25, 0.3) is 0 Å². The van der Waals surface area contributed by atoms with E-state index >= 15 is 0 Å². The first-order valence-electron chi connectivity index (χ1n) is 6.03. The summed E-state index contributed by atoms with van der Waals surface area (Å²) in [5, 5.41) is 2.55. The molecule has 0 radical (unpaired) electrons. The molecule has 0 aromatic carbocycles. The maximum Gasteiger partial charge on any atom is 0.393 e. The van der Waals surface area contributed by atoms with Gasteiger partial charge in [0.05, 0.1) is 18.4 Å². The number of hydrogen-bond acceptors (Lipinski definition) is 2. The Labute approximate surface area is 109 Å². The summed E-state index contributed by atoms with van der Waals surface area (Å²) in [6, 6.07) is 3.53. The second-order valence-electron chi connectivity index (χ2n) is 4.89. The van der Waals surface area contributed by atoms with Crippen molar-refractivity contribution in [3.8, 4) is 0 Å². The molecule has 0 bridgehead atoms. The molecule has 0 aliphatic carbocycles. The molecule has 2 N–H and O–H groups in total. The van der Waals surface area contributed by atoms with Crippen LogP contribution in [0.2, 0.25) is 0 Å². The monoisotopic (exact) mass is 275 g/mol. The van der Waals surface area contributed by atoms with Crippen molar-refractivity contribution in [3.63, 3.8) is 0 Å². The minimum absolute atomic E-state index is 0.121. The fourth-order valence-electron chi connectivity index (χ4n) is 2.39. The Morgan fingerprint density at radius 1 is 1.53 bits per heavy atom. The number of carbonyl (C=O) groups is 1. The van der Waals surface area contributed by atoms with Crippen molar-refractivity contribution >= 4 is 5.91 Å². The molecule has 4 nitrogen and oxygen atoms in total. The summed E-state index contributed by atoms with van der Waals surface area (Å²) in [6.45, 7) is 0.238. The Bertz CT molecular complexity index is 430. The van der Waals surface area contributed by atoms with Crippen LogP contribution in [0.5, 0.6) is 0 Å². The van der Waals surface area contributed by atoms with Crippen LogP contribution in [0.1, 0.15) is 5.69 Å². The number of aromatic nitrogens is 1. The highest BCUT2D eigenvalue weighted by atomic mass is 19.4. The lowest BCUT2D eigenvalue weighted by Gasteiger charge is -2.20. The first-order chi connectivity index (χ1) is 8.88. The van der Waals surface area contributed by atoms with E-state index in [2.05, 4.69) is 10.3 Å². The highest BCUT2D eigenvalue weighted by Gasteiger charge is 2.51. The number of nitrogens with one attached hydrogen (secondary N) is 2. The highest BCUT2D eigenvalue weighted by Crippen LogP contribution is 2.37. The zero-order valence-electron chi connectivity index (χ0n) is 10.5. The number of rotatable bonds is 3. The molecule has 1 aromatic rings. The maximum atomic E-state index is 12.8. The average molecular weight is 275 g/mol. The van der Waals surface area contributed by atoms with Crippen molar-refractivity contribution in [2.45, 2.75) is 12.7 Å². The van der Waals surface area contributed by atoms with Crippen LogP contribution < -0.4 is 5.32 Å². The van der Waals surface area contributed by atoms with E-state index in [9.17, 15) is 18.0 Å². The summed E-state index contributed by atoms with van der Waals surface area (Å²) < 4.78 is 38.5. The first kappa shape index (κ1) is 13.9. The van der Waals surface area contributed by atoms with Crippen LogP contribution in [0, 0.1) is 11.8 Å². The van der Waals surface area contributed by atoms with Gasteiger partial charge in [0.15, 0.2) is 0 Å². The zero-order chi connectivity index (χ0) is 14.0. The Morgan fingerprint density at radius 3 is 2.84 bits per heavy atom. The number of halogens is 3. The van der Waals surface area contributed by atoms with Crippen molar-refractivity contribution in [1.82, 2.24) is 15.2 Å². The molecule has 2 unspecified atom stereocenters. The molecular weight excluding hydrogens is 259 g/mol. The molecule has 1 amide bonds. The molecule has 106 valence electrons. The van der Waals surface area contributed by atoms with E-state index < -0.39 is 23.9 Å². The van der Waals surface area contributed by atoms with Gasteiger partial charge in [0.1, 0.15) is 0 Å². The van der Waals surface area contributed by atoms with Crippen molar-refractivity contribution in [2.24, 2.45) is 11.8 Å². The lowest BCUT2D eigenvalue weighted by molar-refractivity contribution is -0.183. The summed E-state index contributed by atoms with van der Waals surface area (Å²) in [6.07, 6.45) is -2.64. The van der Waals surface area contributed by atoms with E-state index in [0.717, 1.165) is 5.69 Å². The molecule has 1 fully saturated rings. The molecule has 7 heteroatoms. The maximum absolute atomic E-state index is 12.8. The number of H-pyrrole nitrogens is 1. The molecule has 1 aliphatic rings. The molecule has 2 heterocycles. The van der Waals surface area contributed by atoms with Gasteiger partial charge in [-0.3, -0.25) is 4.79 Å². The summed E-state index contributed by atoms with van der Waals surface area (Å²) in [4.78, 5) is 16.3. The normalized spacial score (nSPS) is 24.6. The summed E-state index contributed by atoms with van der Waals surface area (Å²) >= 11 is 0. The number of hydrogen-bond donors (Lipinski definition) is 2. The van der Waals surface area contributed by atoms with E-state index in [1.165, 1.54) is 4.90 Å². The number of nitrogens with zero attached hydrogens (tertiary/aromatic N) is 1. The van der Waals surface area contributed by atoms with Gasteiger partial charge in [-0.25, -0.2) is 0 Å². The van der Waals surface area contributed by atoms with E-state index in [1.54, 1.807) is 25.4 Å². The quantitative estimate of drug-likeness (QED) is 0.875. The highest BCUT2D eigenvalue weighted by molar-refractivity contribution is 5.79. The third-order valence-corrected chi connectivity index (χ3v) is 3.38. The SMILES string of the molecule is CN1CC(C(=O)NCc2ccc[nH]2)C(C(F)(F)F)C1. The topological polar surface area (TPSA) is 48.1 Å². The predicted molar refractivity (Wildman–Crippen MR) is 63.2 cm³/mol. The van der Waals surface area contributed by atoms with Crippen LogP contribution in [0.15, 0.2) is 18.3 Å². The second kappa shape index (κ2) is 5.24. The summed E-state index contributed by atoms with van der Waals surface area (Å²) in [5.74, 6) is -3.15. The molecule has 1 aromatic heterocycles. The predicted octanol–water partition coefficient (Wildman–Crippen LogP) is 1.37. The molecule has 1 saturated heterocycles. The number of carbonyl (C=O) groups excluding carboxylic acids is 1. The third kappa shape index (κ3) is 3.28. The van der Waals surface area contributed by atoms with Gasteiger partial charge in [-0.1, -0.05) is 0 Å². The van der Waals surface area contributed by atoms with Gasteiger partial charge < -0.3 is 15.2 Å². The first-order valence-corrected chi connectivity index (χ1v) is 6.03. The Hall–Kier alpha value is -1.50. The Morgan fingerprint density at radius 2 is 2.26 bits per heavy atom. The lowest BCUT2D eigenvalue weighted by Crippen LogP contribution is -2.39. The van der Waals surface area contributed by atoms with E-state index in [-0.39, 0.29) is 19.6 Å². The fraction of sp³-hybridized carbons (Fsp3) is 0.583. The molecule has 2 rings (SSSR count). The minimum atomic E-state index is -4.33. The Kier molecular flexibility index (Phi) is 3.84. The van der Waals surface area contributed by atoms with Gasteiger partial charge in [0.2, 0.25) is 5.91 Å². The number of likely N-dealkylation sites (tertiary alicyclic amines) is 1. The van der Waals surface area contributed by atoms with Crippen molar-refractivity contribution in [3.05, 3.63) is 24.0 Å². The molecule has 1 aliphatic heterocycles. The minimum Gasteiger partial charge on any atom is -0.364 e. The smallest absolute Gasteiger partial charge is 0.364 e. The van der Waals surface area contributed by atoms with E-state index in [4.69, 9.17) is 0 Å².